The first-order valence-electron chi connectivity index (χ1n) is 19.5. The van der Waals surface area contributed by atoms with Crippen molar-refractivity contribution in [3.63, 3.8) is 0 Å². The van der Waals surface area contributed by atoms with E-state index in [1.165, 1.54) is 141 Å². The summed E-state index contributed by atoms with van der Waals surface area (Å²) in [7, 11) is 4.02. The lowest BCUT2D eigenvalue weighted by atomic mass is 9.91. The van der Waals surface area contributed by atoms with Gasteiger partial charge in [0.25, 0.3) is 0 Å². The molecule has 0 bridgehead atoms. The minimum atomic E-state index is -0.127. The minimum Gasteiger partial charge on any atom is -0.309 e. The number of halogens is 1. The highest BCUT2D eigenvalue weighted by Gasteiger charge is 2.21. The Morgan fingerprint density at radius 3 is 1.20 bits per heavy atom. The van der Waals surface area contributed by atoms with Crippen LogP contribution in [0.25, 0.3) is 0 Å². The number of Topliss-reactive ketones (excluding diaryl/α,β-unsaturated/α-hetero) is 2. The number of allylic oxidation sites excluding steroid dienone is 4. The summed E-state index contributed by atoms with van der Waals surface area (Å²) in [5.74, 6) is 0.457. The van der Waals surface area contributed by atoms with Gasteiger partial charge >= 0.3 is 0 Å². The van der Waals surface area contributed by atoms with Gasteiger partial charge in [0.15, 0.2) is 0 Å². The third kappa shape index (κ3) is 35.8. The molecule has 0 amide bonds. The highest BCUT2D eigenvalue weighted by molar-refractivity contribution is 5.88. The first kappa shape index (κ1) is 46.2. The van der Waals surface area contributed by atoms with Crippen molar-refractivity contribution in [1.82, 2.24) is 4.90 Å². The summed E-state index contributed by atoms with van der Waals surface area (Å²) >= 11 is 0. The molecule has 0 heterocycles. The standard InChI is InChI=1S/C41H77NO2.ClH/c1-5-7-9-11-13-15-17-19-21-23-25-27-29-31-33-35-40(43)37-39(38-42(3)4)41(44)36-34-32-30-28-26-24-22-20-18-16-14-12-10-8-6-2;/h19-22,39H,5-18,23-38H2,1-4H3;1H. The van der Waals surface area contributed by atoms with E-state index >= 15 is 0 Å². The number of carbonyl (C=O) groups excluding carboxylic acids is 2. The molecular weight excluding hydrogens is 574 g/mol. The predicted molar refractivity (Wildman–Crippen MR) is 203 cm³/mol. The summed E-state index contributed by atoms with van der Waals surface area (Å²) in [5.41, 5.74) is 0. The van der Waals surface area contributed by atoms with Crippen LogP contribution in [0.3, 0.4) is 0 Å². The fourth-order valence-electron chi connectivity index (χ4n) is 6.06. The van der Waals surface area contributed by atoms with E-state index in [0.717, 1.165) is 25.7 Å². The summed E-state index contributed by atoms with van der Waals surface area (Å²) < 4.78 is 0. The van der Waals surface area contributed by atoms with Crippen molar-refractivity contribution in [2.45, 2.75) is 200 Å². The average molecular weight is 653 g/mol. The number of ketones is 2. The Balaban J connectivity index is 0. The fraction of sp³-hybridized carbons (Fsp3) is 0.854. The Morgan fingerprint density at radius 1 is 0.489 bits per heavy atom. The van der Waals surface area contributed by atoms with Crippen LogP contribution in [0.2, 0.25) is 0 Å². The van der Waals surface area contributed by atoms with Crippen LogP contribution in [0.1, 0.15) is 200 Å². The molecule has 4 heteroatoms. The average Bonchev–Trinajstić information content (AvgIpc) is 3.00. The lowest BCUT2D eigenvalue weighted by Gasteiger charge is -2.19. The lowest BCUT2D eigenvalue weighted by molar-refractivity contribution is -0.128. The second-order valence-electron chi connectivity index (χ2n) is 13.8. The number of hydrogen-bond acceptors (Lipinski definition) is 3. The molecule has 0 spiro atoms. The van der Waals surface area contributed by atoms with Crippen LogP contribution < -0.4 is 0 Å². The van der Waals surface area contributed by atoms with Gasteiger partial charge in [0.2, 0.25) is 0 Å². The quantitative estimate of drug-likeness (QED) is 0.0505. The van der Waals surface area contributed by atoms with Crippen LogP contribution in [0.4, 0.5) is 0 Å². The third-order valence-corrected chi connectivity index (χ3v) is 8.92. The zero-order chi connectivity index (χ0) is 32.4. The van der Waals surface area contributed by atoms with Crippen LogP contribution >= 0.6 is 12.4 Å². The largest absolute Gasteiger partial charge is 0.309 e. The Morgan fingerprint density at radius 2 is 0.822 bits per heavy atom. The monoisotopic (exact) mass is 652 g/mol. The van der Waals surface area contributed by atoms with Gasteiger partial charge in [0.1, 0.15) is 11.6 Å². The van der Waals surface area contributed by atoms with Crippen molar-refractivity contribution in [3.05, 3.63) is 24.3 Å². The van der Waals surface area contributed by atoms with Crippen molar-refractivity contribution < 1.29 is 9.59 Å². The normalized spacial score (nSPS) is 12.4. The van der Waals surface area contributed by atoms with Crippen LogP contribution in [-0.4, -0.2) is 37.1 Å². The molecule has 0 radical (unpaired) electrons. The highest BCUT2D eigenvalue weighted by Crippen LogP contribution is 2.17. The maximum absolute atomic E-state index is 13.0. The lowest BCUT2D eigenvalue weighted by Crippen LogP contribution is -2.29. The summed E-state index contributed by atoms with van der Waals surface area (Å²) in [6, 6.07) is 0. The Bertz CT molecular complexity index is 687. The highest BCUT2D eigenvalue weighted by atomic mass is 35.5. The van der Waals surface area contributed by atoms with E-state index in [0.29, 0.717) is 31.6 Å². The zero-order valence-electron chi connectivity index (χ0n) is 30.8. The molecule has 266 valence electrons. The van der Waals surface area contributed by atoms with Crippen molar-refractivity contribution in [2.75, 3.05) is 20.6 Å². The van der Waals surface area contributed by atoms with Crippen molar-refractivity contribution in [3.8, 4) is 0 Å². The molecule has 1 atom stereocenters. The topological polar surface area (TPSA) is 37.4 Å². The number of rotatable bonds is 35. The van der Waals surface area contributed by atoms with Crippen LogP contribution in [0.15, 0.2) is 24.3 Å². The fourth-order valence-corrected chi connectivity index (χ4v) is 6.06. The predicted octanol–water partition coefficient (Wildman–Crippen LogP) is 13.2. The van der Waals surface area contributed by atoms with Gasteiger partial charge < -0.3 is 4.90 Å². The first-order chi connectivity index (χ1) is 21.5. The second-order valence-corrected chi connectivity index (χ2v) is 13.8. The van der Waals surface area contributed by atoms with Gasteiger partial charge in [0.05, 0.1) is 0 Å². The Hall–Kier alpha value is -0.930. The van der Waals surface area contributed by atoms with E-state index in [4.69, 9.17) is 0 Å². The number of carbonyl (C=O) groups is 2. The second kappa shape index (κ2) is 37.5. The van der Waals surface area contributed by atoms with Crippen molar-refractivity contribution in [1.29, 1.82) is 0 Å². The van der Waals surface area contributed by atoms with Gasteiger partial charge in [-0.05, 0) is 78.3 Å². The van der Waals surface area contributed by atoms with Crippen molar-refractivity contribution >= 4 is 24.0 Å². The first-order valence-corrected chi connectivity index (χ1v) is 19.5. The molecule has 0 aliphatic rings. The SMILES string of the molecule is CCCCCCCCC=CCCCCCCCC(=O)CC(CN(C)C)C(=O)CCCCCCCC=CCCCCCCCC.Cl. The number of unbranched alkanes of at least 4 members (excludes halogenated alkanes) is 22. The maximum Gasteiger partial charge on any atom is 0.137 e. The van der Waals surface area contributed by atoms with Gasteiger partial charge in [-0.2, -0.15) is 0 Å². The van der Waals surface area contributed by atoms with Gasteiger partial charge in [-0.1, -0.05) is 141 Å². The van der Waals surface area contributed by atoms with E-state index in [1.807, 2.05) is 14.1 Å². The molecule has 0 rings (SSSR count). The third-order valence-electron chi connectivity index (χ3n) is 8.92. The molecule has 0 aromatic rings. The molecule has 0 aliphatic carbocycles. The Kier molecular flexibility index (Phi) is 38.5. The van der Waals surface area contributed by atoms with Crippen LogP contribution in [0, 0.1) is 5.92 Å². The van der Waals surface area contributed by atoms with E-state index in [1.54, 1.807) is 0 Å². The summed E-state index contributed by atoms with van der Waals surface area (Å²) in [6.07, 6.45) is 44.2. The van der Waals surface area contributed by atoms with Gasteiger partial charge in [0, 0.05) is 31.7 Å². The zero-order valence-corrected chi connectivity index (χ0v) is 31.6. The van der Waals surface area contributed by atoms with E-state index in [9.17, 15) is 9.59 Å². The molecule has 3 nitrogen and oxygen atoms in total. The van der Waals surface area contributed by atoms with Gasteiger partial charge in [-0.25, -0.2) is 0 Å². The van der Waals surface area contributed by atoms with Crippen LogP contribution in [0.5, 0.6) is 0 Å². The molecule has 0 fully saturated rings. The van der Waals surface area contributed by atoms with Crippen LogP contribution in [-0.2, 0) is 9.59 Å². The summed E-state index contributed by atoms with van der Waals surface area (Å²) in [6.45, 7) is 5.24. The van der Waals surface area contributed by atoms with E-state index in [2.05, 4.69) is 43.1 Å². The maximum atomic E-state index is 13.0. The summed E-state index contributed by atoms with van der Waals surface area (Å²) in [4.78, 5) is 27.7. The number of nitrogens with zero attached hydrogens (tertiary/aromatic N) is 1. The van der Waals surface area contributed by atoms with Gasteiger partial charge in [-0.15, -0.1) is 12.4 Å². The molecule has 1 unspecified atom stereocenters. The smallest absolute Gasteiger partial charge is 0.137 e. The summed E-state index contributed by atoms with van der Waals surface area (Å²) in [5, 5.41) is 0. The van der Waals surface area contributed by atoms with Crippen molar-refractivity contribution in [2.24, 2.45) is 5.92 Å². The molecule has 0 aliphatic heterocycles. The van der Waals surface area contributed by atoms with E-state index < -0.39 is 0 Å². The number of hydrogen-bond donors (Lipinski definition) is 0. The van der Waals surface area contributed by atoms with Gasteiger partial charge in [-0.3, -0.25) is 9.59 Å². The minimum absolute atomic E-state index is 0. The van der Waals surface area contributed by atoms with E-state index in [-0.39, 0.29) is 24.1 Å². The molecule has 0 saturated heterocycles. The molecule has 45 heavy (non-hydrogen) atoms. The Labute approximate surface area is 288 Å². The molecule has 0 aromatic carbocycles. The molecule has 0 N–H and O–H groups in total. The molecule has 0 aromatic heterocycles. The molecular formula is C41H78ClNO2. The molecule has 0 saturated carbocycles.